The Morgan fingerprint density at radius 2 is 2.00 bits per heavy atom. The number of pyridine rings is 1. The molecule has 0 aliphatic rings. The third kappa shape index (κ3) is 3.53. The number of anilines is 3. The zero-order chi connectivity index (χ0) is 19.7. The largest absolute Gasteiger partial charge is 0.359 e. The van der Waals surface area contributed by atoms with Crippen molar-refractivity contribution in [1.82, 2.24) is 29.7 Å². The quantitative estimate of drug-likeness (QED) is 0.466. The van der Waals surface area contributed by atoms with Gasteiger partial charge in [0, 0.05) is 24.6 Å². The summed E-state index contributed by atoms with van der Waals surface area (Å²) in [6.45, 7) is 8.32. The molecule has 4 aromatic heterocycles. The third-order valence-corrected chi connectivity index (χ3v) is 4.54. The number of nitrogens with one attached hydrogen (secondary N) is 3. The Kier molecular flexibility index (Phi) is 4.46. The average molecular weight is 376 g/mol. The first-order chi connectivity index (χ1) is 13.4. The summed E-state index contributed by atoms with van der Waals surface area (Å²) < 4.78 is 1.89. The lowest BCUT2D eigenvalue weighted by Crippen LogP contribution is -2.29. The van der Waals surface area contributed by atoms with Gasteiger partial charge in [0.1, 0.15) is 11.5 Å². The maximum Gasteiger partial charge on any atom is 0.231 e. The van der Waals surface area contributed by atoms with Gasteiger partial charge < -0.3 is 15.6 Å². The predicted octanol–water partition coefficient (Wildman–Crippen LogP) is 4.22. The molecule has 0 unspecified atom stereocenters. The van der Waals surface area contributed by atoms with Crippen LogP contribution in [0.4, 0.5) is 17.5 Å². The standard InChI is InChI=1S/C20H24N8/c1-13(2)28-12-14(11-23-28)24-19-25-17-15(8-10-22-17)18(26-19)27-20(3,4)16-7-5-6-9-21-16/h5-13H,1-4H3,(H3,22,24,25,26,27). The van der Waals surface area contributed by atoms with Crippen LogP contribution in [0.5, 0.6) is 0 Å². The second kappa shape index (κ2) is 6.95. The lowest BCUT2D eigenvalue weighted by molar-refractivity contribution is 0.532. The van der Waals surface area contributed by atoms with Crippen LogP contribution in [0.15, 0.2) is 49.1 Å². The van der Waals surface area contributed by atoms with Crippen LogP contribution < -0.4 is 10.6 Å². The van der Waals surface area contributed by atoms with E-state index in [1.807, 2.05) is 41.3 Å². The monoisotopic (exact) mass is 376 g/mol. The Bertz CT molecular complexity index is 1080. The highest BCUT2D eigenvalue weighted by Gasteiger charge is 2.24. The zero-order valence-electron chi connectivity index (χ0n) is 16.4. The van der Waals surface area contributed by atoms with Crippen molar-refractivity contribution in [3.05, 3.63) is 54.7 Å². The van der Waals surface area contributed by atoms with Crippen molar-refractivity contribution in [1.29, 1.82) is 0 Å². The molecular formula is C20H24N8. The van der Waals surface area contributed by atoms with Gasteiger partial charge in [-0.1, -0.05) is 6.07 Å². The number of H-pyrrole nitrogens is 1. The summed E-state index contributed by atoms with van der Waals surface area (Å²) in [5.41, 5.74) is 2.13. The van der Waals surface area contributed by atoms with Crippen molar-refractivity contribution in [3.63, 3.8) is 0 Å². The third-order valence-electron chi connectivity index (χ3n) is 4.54. The maximum absolute atomic E-state index is 4.72. The molecule has 144 valence electrons. The number of aromatic amines is 1. The van der Waals surface area contributed by atoms with Crippen LogP contribution in [0.1, 0.15) is 39.4 Å². The SMILES string of the molecule is CC(C)n1cc(Nc2nc(NC(C)(C)c3ccccn3)c3cc[nH]c3n2)cn1. The second-order valence-electron chi connectivity index (χ2n) is 7.53. The Hall–Kier alpha value is -3.42. The van der Waals surface area contributed by atoms with Crippen molar-refractivity contribution >= 4 is 28.5 Å². The first kappa shape index (κ1) is 18.0. The molecule has 0 bridgehead atoms. The van der Waals surface area contributed by atoms with E-state index in [2.05, 4.69) is 58.4 Å². The molecule has 4 heterocycles. The van der Waals surface area contributed by atoms with Gasteiger partial charge in [0.25, 0.3) is 0 Å². The molecular weight excluding hydrogens is 352 g/mol. The minimum absolute atomic E-state index is 0.291. The first-order valence-corrected chi connectivity index (χ1v) is 9.28. The molecule has 28 heavy (non-hydrogen) atoms. The van der Waals surface area contributed by atoms with Crippen molar-refractivity contribution in [2.45, 2.75) is 39.3 Å². The summed E-state index contributed by atoms with van der Waals surface area (Å²) in [7, 11) is 0. The molecule has 0 aromatic carbocycles. The highest BCUT2D eigenvalue weighted by molar-refractivity contribution is 5.88. The lowest BCUT2D eigenvalue weighted by atomic mass is 10.00. The molecule has 8 nitrogen and oxygen atoms in total. The summed E-state index contributed by atoms with van der Waals surface area (Å²) in [5, 5.41) is 12.0. The molecule has 4 aromatic rings. The molecule has 0 radical (unpaired) electrons. The average Bonchev–Trinajstić information content (AvgIpc) is 3.32. The van der Waals surface area contributed by atoms with Crippen LogP contribution in [0.3, 0.4) is 0 Å². The fourth-order valence-electron chi connectivity index (χ4n) is 3.00. The number of nitrogens with zero attached hydrogens (tertiary/aromatic N) is 5. The normalized spacial score (nSPS) is 11.9. The van der Waals surface area contributed by atoms with E-state index >= 15 is 0 Å². The Balaban J connectivity index is 1.67. The molecule has 4 rings (SSSR count). The van der Waals surface area contributed by atoms with Crippen LogP contribution in [0.2, 0.25) is 0 Å². The molecule has 0 aliphatic heterocycles. The highest BCUT2D eigenvalue weighted by Crippen LogP contribution is 2.29. The molecule has 0 spiro atoms. The maximum atomic E-state index is 4.72. The molecule has 0 aliphatic carbocycles. The first-order valence-electron chi connectivity index (χ1n) is 9.28. The Labute approximate surface area is 163 Å². The van der Waals surface area contributed by atoms with E-state index in [0.29, 0.717) is 12.0 Å². The van der Waals surface area contributed by atoms with Gasteiger partial charge in [-0.15, -0.1) is 0 Å². The van der Waals surface area contributed by atoms with Gasteiger partial charge in [0.2, 0.25) is 5.95 Å². The van der Waals surface area contributed by atoms with E-state index < -0.39 is 5.54 Å². The van der Waals surface area contributed by atoms with Gasteiger partial charge in [-0.2, -0.15) is 15.1 Å². The number of hydrogen-bond acceptors (Lipinski definition) is 6. The van der Waals surface area contributed by atoms with Crippen molar-refractivity contribution in [2.75, 3.05) is 10.6 Å². The molecule has 0 fully saturated rings. The molecule has 0 atom stereocenters. The van der Waals surface area contributed by atoms with Gasteiger partial charge >= 0.3 is 0 Å². The molecule has 0 saturated heterocycles. The number of hydrogen-bond donors (Lipinski definition) is 3. The summed E-state index contributed by atoms with van der Waals surface area (Å²) in [6.07, 6.45) is 7.37. The van der Waals surface area contributed by atoms with E-state index in [1.54, 1.807) is 12.4 Å². The smallest absolute Gasteiger partial charge is 0.231 e. The molecule has 8 heteroatoms. The van der Waals surface area contributed by atoms with Crippen molar-refractivity contribution < 1.29 is 0 Å². The van der Waals surface area contributed by atoms with Crippen molar-refractivity contribution in [3.8, 4) is 0 Å². The van der Waals surface area contributed by atoms with E-state index in [1.165, 1.54) is 0 Å². The van der Waals surface area contributed by atoms with E-state index in [0.717, 1.165) is 28.2 Å². The van der Waals surface area contributed by atoms with Crippen LogP contribution in [0.25, 0.3) is 11.0 Å². The van der Waals surface area contributed by atoms with Gasteiger partial charge in [-0.3, -0.25) is 9.67 Å². The zero-order valence-corrected chi connectivity index (χ0v) is 16.4. The van der Waals surface area contributed by atoms with Gasteiger partial charge in [-0.05, 0) is 45.9 Å². The molecule has 3 N–H and O–H groups in total. The fraction of sp³-hybridized carbons (Fsp3) is 0.300. The van der Waals surface area contributed by atoms with Gasteiger partial charge in [-0.25, -0.2) is 0 Å². The number of aromatic nitrogens is 6. The summed E-state index contributed by atoms with van der Waals surface area (Å²) in [5.74, 6) is 1.23. The van der Waals surface area contributed by atoms with E-state index in [9.17, 15) is 0 Å². The van der Waals surface area contributed by atoms with Crippen LogP contribution >= 0.6 is 0 Å². The predicted molar refractivity (Wildman–Crippen MR) is 111 cm³/mol. The minimum Gasteiger partial charge on any atom is -0.359 e. The second-order valence-corrected chi connectivity index (χ2v) is 7.53. The summed E-state index contributed by atoms with van der Waals surface area (Å²) >= 11 is 0. The van der Waals surface area contributed by atoms with Crippen LogP contribution in [-0.2, 0) is 5.54 Å². The van der Waals surface area contributed by atoms with E-state index in [-0.39, 0.29) is 0 Å². The summed E-state index contributed by atoms with van der Waals surface area (Å²) in [4.78, 5) is 16.9. The number of fused-ring (bicyclic) bond motifs is 1. The van der Waals surface area contributed by atoms with E-state index in [4.69, 9.17) is 4.98 Å². The summed E-state index contributed by atoms with van der Waals surface area (Å²) in [6, 6.07) is 8.15. The fourth-order valence-corrected chi connectivity index (χ4v) is 3.00. The Morgan fingerprint density at radius 3 is 2.71 bits per heavy atom. The van der Waals surface area contributed by atoms with Crippen LogP contribution in [0, 0.1) is 0 Å². The molecule has 0 saturated carbocycles. The topological polar surface area (TPSA) is 96.3 Å². The lowest BCUT2D eigenvalue weighted by Gasteiger charge is -2.26. The van der Waals surface area contributed by atoms with Crippen molar-refractivity contribution in [2.24, 2.45) is 0 Å². The minimum atomic E-state index is -0.403. The van der Waals surface area contributed by atoms with Crippen LogP contribution in [-0.4, -0.2) is 29.7 Å². The van der Waals surface area contributed by atoms with Gasteiger partial charge in [0.15, 0.2) is 0 Å². The highest BCUT2D eigenvalue weighted by atomic mass is 15.3. The number of rotatable bonds is 6. The molecule has 0 amide bonds. The van der Waals surface area contributed by atoms with Gasteiger partial charge in [0.05, 0.1) is 28.5 Å². The Morgan fingerprint density at radius 1 is 1.14 bits per heavy atom.